The summed E-state index contributed by atoms with van der Waals surface area (Å²) in [5.74, 6) is 0.234. The van der Waals surface area contributed by atoms with E-state index >= 15 is 0 Å². The highest BCUT2D eigenvalue weighted by atomic mass is 35.5. The molecule has 102 valence electrons. The van der Waals surface area contributed by atoms with Crippen molar-refractivity contribution in [2.75, 3.05) is 11.5 Å². The van der Waals surface area contributed by atoms with Gasteiger partial charge in [0, 0.05) is 5.75 Å². The minimum absolute atomic E-state index is 0.0991. The molecule has 0 bridgehead atoms. The molecule has 1 rings (SSSR count). The maximum Gasteiger partial charge on any atom is 0.150 e. The van der Waals surface area contributed by atoms with Crippen molar-refractivity contribution in [1.82, 2.24) is 0 Å². The third kappa shape index (κ3) is 4.76. The number of rotatable bonds is 6. The Bertz CT molecular complexity index is 500. The van der Waals surface area contributed by atoms with Crippen LogP contribution in [0.25, 0.3) is 0 Å². The quantitative estimate of drug-likeness (QED) is 0.877. The van der Waals surface area contributed by atoms with Gasteiger partial charge in [0.1, 0.15) is 9.84 Å². The van der Waals surface area contributed by atoms with Gasteiger partial charge >= 0.3 is 0 Å². The zero-order valence-corrected chi connectivity index (χ0v) is 12.4. The fraction of sp³-hybridized carbons (Fsp3) is 0.500. The first kappa shape index (κ1) is 15.8. The lowest BCUT2D eigenvalue weighted by atomic mass is 10.1. The molecule has 0 amide bonds. The van der Waals surface area contributed by atoms with E-state index in [2.05, 4.69) is 0 Å². The average molecular weight is 311 g/mol. The third-order valence-corrected chi connectivity index (χ3v) is 5.23. The second-order valence-corrected chi connectivity index (χ2v) is 7.36. The van der Waals surface area contributed by atoms with E-state index in [4.69, 9.17) is 23.2 Å². The van der Waals surface area contributed by atoms with Gasteiger partial charge in [0.05, 0.1) is 21.9 Å². The minimum Gasteiger partial charge on any atom is -0.388 e. The Balaban J connectivity index is 2.55. The van der Waals surface area contributed by atoms with Crippen LogP contribution in [-0.4, -0.2) is 25.0 Å². The molecule has 1 atom stereocenters. The van der Waals surface area contributed by atoms with Gasteiger partial charge in [-0.05, 0) is 30.5 Å². The van der Waals surface area contributed by atoms with Gasteiger partial charge in [0.2, 0.25) is 0 Å². The van der Waals surface area contributed by atoms with Crippen LogP contribution in [0.5, 0.6) is 0 Å². The Hall–Kier alpha value is -0.290. The number of sulfone groups is 1. The lowest BCUT2D eigenvalue weighted by Crippen LogP contribution is -2.10. The molecule has 0 saturated carbocycles. The highest BCUT2D eigenvalue weighted by Gasteiger charge is 2.12. The first-order valence-electron chi connectivity index (χ1n) is 5.69. The monoisotopic (exact) mass is 310 g/mol. The van der Waals surface area contributed by atoms with Crippen LogP contribution in [0.4, 0.5) is 0 Å². The van der Waals surface area contributed by atoms with E-state index in [1.165, 1.54) is 0 Å². The molecular weight excluding hydrogens is 295 g/mol. The zero-order chi connectivity index (χ0) is 13.8. The Morgan fingerprint density at radius 1 is 1.28 bits per heavy atom. The molecule has 0 saturated heterocycles. The van der Waals surface area contributed by atoms with Crippen LogP contribution in [0.2, 0.25) is 10.0 Å². The first-order valence-corrected chi connectivity index (χ1v) is 8.27. The van der Waals surface area contributed by atoms with Crippen molar-refractivity contribution < 1.29 is 13.5 Å². The predicted octanol–water partition coefficient (Wildman–Crippen LogP) is 3.24. The van der Waals surface area contributed by atoms with Crippen LogP contribution < -0.4 is 0 Å². The van der Waals surface area contributed by atoms with Gasteiger partial charge in [-0.3, -0.25) is 0 Å². The predicted molar refractivity (Wildman–Crippen MR) is 75.0 cm³/mol. The van der Waals surface area contributed by atoms with E-state index in [0.717, 1.165) is 0 Å². The lowest BCUT2D eigenvalue weighted by Gasteiger charge is -2.11. The van der Waals surface area contributed by atoms with Gasteiger partial charge in [-0.15, -0.1) is 0 Å². The van der Waals surface area contributed by atoms with Crippen molar-refractivity contribution in [3.63, 3.8) is 0 Å². The Kier molecular flexibility index (Phi) is 5.92. The van der Waals surface area contributed by atoms with Crippen molar-refractivity contribution in [2.24, 2.45) is 0 Å². The zero-order valence-electron chi connectivity index (χ0n) is 10.1. The maximum atomic E-state index is 11.3. The first-order chi connectivity index (χ1) is 8.35. The minimum atomic E-state index is -2.97. The van der Waals surface area contributed by atoms with E-state index in [0.29, 0.717) is 28.5 Å². The molecule has 0 aliphatic carbocycles. The molecule has 6 heteroatoms. The van der Waals surface area contributed by atoms with Crippen molar-refractivity contribution >= 4 is 33.0 Å². The molecule has 0 spiro atoms. The van der Waals surface area contributed by atoms with Gasteiger partial charge in [0.15, 0.2) is 0 Å². The number of aliphatic hydroxyl groups is 1. The van der Waals surface area contributed by atoms with E-state index in [1.54, 1.807) is 25.1 Å². The highest BCUT2D eigenvalue weighted by molar-refractivity contribution is 7.91. The summed E-state index contributed by atoms with van der Waals surface area (Å²) in [7, 11) is -2.97. The van der Waals surface area contributed by atoms with Crippen LogP contribution in [0.15, 0.2) is 18.2 Å². The Morgan fingerprint density at radius 3 is 2.50 bits per heavy atom. The van der Waals surface area contributed by atoms with Gasteiger partial charge in [0.25, 0.3) is 0 Å². The highest BCUT2D eigenvalue weighted by Crippen LogP contribution is 2.27. The van der Waals surface area contributed by atoms with Crippen molar-refractivity contribution in [3.05, 3.63) is 33.8 Å². The number of halogens is 2. The smallest absolute Gasteiger partial charge is 0.150 e. The molecule has 1 unspecified atom stereocenters. The standard InChI is InChI=1S/C12H16Cl2O3S/c1-2-18(16,17)7-3-4-12(15)9-5-6-10(13)11(14)8-9/h5-6,8,12,15H,2-4,7H2,1H3. The summed E-state index contributed by atoms with van der Waals surface area (Å²) in [4.78, 5) is 0. The molecule has 0 aliphatic rings. The maximum absolute atomic E-state index is 11.3. The molecule has 18 heavy (non-hydrogen) atoms. The molecule has 0 heterocycles. The number of benzene rings is 1. The van der Waals surface area contributed by atoms with Crippen molar-refractivity contribution in [2.45, 2.75) is 25.9 Å². The van der Waals surface area contributed by atoms with Gasteiger partial charge in [-0.2, -0.15) is 0 Å². The Labute approximate surface area is 118 Å². The fourth-order valence-corrected chi connectivity index (χ4v) is 2.73. The molecular formula is C12H16Cl2O3S. The summed E-state index contributed by atoms with van der Waals surface area (Å²) >= 11 is 11.6. The third-order valence-electron chi connectivity index (χ3n) is 2.70. The second kappa shape index (κ2) is 6.75. The second-order valence-electron chi connectivity index (χ2n) is 4.07. The molecule has 0 fully saturated rings. The fourth-order valence-electron chi connectivity index (χ4n) is 1.53. The average Bonchev–Trinajstić information content (AvgIpc) is 2.32. The van der Waals surface area contributed by atoms with Gasteiger partial charge in [-0.25, -0.2) is 8.42 Å². The summed E-state index contributed by atoms with van der Waals surface area (Å²) in [6.07, 6.45) is 0.0984. The van der Waals surface area contributed by atoms with Gasteiger partial charge < -0.3 is 5.11 Å². The topological polar surface area (TPSA) is 54.4 Å². The van der Waals surface area contributed by atoms with Crippen molar-refractivity contribution in [3.8, 4) is 0 Å². The molecule has 0 radical (unpaired) electrons. The molecule has 0 aliphatic heterocycles. The lowest BCUT2D eigenvalue weighted by molar-refractivity contribution is 0.166. The van der Waals surface area contributed by atoms with Gasteiger partial charge in [-0.1, -0.05) is 36.2 Å². The molecule has 1 aromatic rings. The number of aliphatic hydroxyl groups excluding tert-OH is 1. The number of hydrogen-bond donors (Lipinski definition) is 1. The molecule has 3 nitrogen and oxygen atoms in total. The van der Waals surface area contributed by atoms with E-state index in [-0.39, 0.29) is 11.5 Å². The van der Waals surface area contributed by atoms with Crippen LogP contribution in [0.1, 0.15) is 31.4 Å². The van der Waals surface area contributed by atoms with E-state index < -0.39 is 15.9 Å². The summed E-state index contributed by atoms with van der Waals surface area (Å²) in [6, 6.07) is 4.90. The number of hydrogen-bond acceptors (Lipinski definition) is 3. The van der Waals surface area contributed by atoms with Crippen molar-refractivity contribution in [1.29, 1.82) is 0 Å². The van der Waals surface area contributed by atoms with Crippen LogP contribution >= 0.6 is 23.2 Å². The summed E-state index contributed by atoms with van der Waals surface area (Å²) in [5, 5.41) is 10.7. The van der Waals surface area contributed by atoms with Crippen LogP contribution in [0.3, 0.4) is 0 Å². The molecule has 0 aromatic heterocycles. The van der Waals surface area contributed by atoms with Crippen LogP contribution in [-0.2, 0) is 9.84 Å². The van der Waals surface area contributed by atoms with Crippen LogP contribution in [0, 0.1) is 0 Å². The molecule has 1 N–H and O–H groups in total. The van der Waals surface area contributed by atoms with E-state index in [9.17, 15) is 13.5 Å². The summed E-state index contributed by atoms with van der Waals surface area (Å²) in [6.45, 7) is 1.62. The Morgan fingerprint density at radius 2 is 1.94 bits per heavy atom. The van der Waals surface area contributed by atoms with E-state index in [1.807, 2.05) is 0 Å². The normalized spacial score (nSPS) is 13.6. The SMILES string of the molecule is CCS(=O)(=O)CCCC(O)c1ccc(Cl)c(Cl)c1. The summed E-state index contributed by atoms with van der Waals surface area (Å²) in [5.41, 5.74) is 0.651. The largest absolute Gasteiger partial charge is 0.388 e. The summed E-state index contributed by atoms with van der Waals surface area (Å²) < 4.78 is 22.6. The molecule has 1 aromatic carbocycles.